The Balaban J connectivity index is 1.79. The lowest BCUT2D eigenvalue weighted by Crippen LogP contribution is -2.44. The summed E-state index contributed by atoms with van der Waals surface area (Å²) in [5, 5.41) is 10.4. The van der Waals surface area contributed by atoms with Crippen LogP contribution < -0.4 is 4.90 Å². The number of hydrogen-bond donors (Lipinski definition) is 1. The number of nitrogens with zero attached hydrogens (tertiary/aromatic N) is 2. The van der Waals surface area contributed by atoms with Crippen molar-refractivity contribution in [3.63, 3.8) is 0 Å². The molecule has 4 atom stereocenters. The zero-order valence-corrected chi connectivity index (χ0v) is 11.7. The Morgan fingerprint density at radius 2 is 2.16 bits per heavy atom. The summed E-state index contributed by atoms with van der Waals surface area (Å²) in [4.78, 5) is 6.92. The first kappa shape index (κ1) is 12.9. The van der Waals surface area contributed by atoms with Gasteiger partial charge in [-0.15, -0.1) is 0 Å². The van der Waals surface area contributed by atoms with Gasteiger partial charge in [0.1, 0.15) is 5.82 Å². The molecule has 2 aliphatic rings. The van der Waals surface area contributed by atoms with Crippen LogP contribution in [0.5, 0.6) is 0 Å². The highest BCUT2D eigenvalue weighted by molar-refractivity contribution is 5.40. The molecule has 1 saturated carbocycles. The fourth-order valence-electron chi connectivity index (χ4n) is 3.87. The molecule has 1 N–H and O–H groups in total. The van der Waals surface area contributed by atoms with E-state index in [1.165, 1.54) is 19.3 Å². The molecule has 1 aliphatic heterocycles. The largest absolute Gasteiger partial charge is 0.393 e. The fourth-order valence-corrected chi connectivity index (χ4v) is 3.87. The summed E-state index contributed by atoms with van der Waals surface area (Å²) in [6, 6.07) is 6.59. The molecule has 19 heavy (non-hydrogen) atoms. The van der Waals surface area contributed by atoms with Gasteiger partial charge in [-0.05, 0) is 50.2 Å². The molecule has 0 unspecified atom stereocenters. The zero-order valence-electron chi connectivity index (χ0n) is 11.7. The minimum absolute atomic E-state index is 0.120. The Morgan fingerprint density at radius 3 is 2.95 bits per heavy atom. The molecule has 0 bridgehead atoms. The van der Waals surface area contributed by atoms with Crippen molar-refractivity contribution in [3.8, 4) is 0 Å². The van der Waals surface area contributed by atoms with Gasteiger partial charge in [-0.2, -0.15) is 0 Å². The summed E-state index contributed by atoms with van der Waals surface area (Å²) in [6.45, 7) is 3.40. The number of pyridine rings is 1. The maximum Gasteiger partial charge on any atom is 0.128 e. The molecule has 0 spiro atoms. The first-order chi connectivity index (χ1) is 9.25. The molecular weight excluding hydrogens is 236 g/mol. The van der Waals surface area contributed by atoms with Crippen LogP contribution in [0, 0.1) is 11.8 Å². The van der Waals surface area contributed by atoms with Crippen LogP contribution in [0.4, 0.5) is 5.82 Å². The zero-order chi connectivity index (χ0) is 13.2. The van der Waals surface area contributed by atoms with Crippen LogP contribution in [0.2, 0.25) is 0 Å². The van der Waals surface area contributed by atoms with Gasteiger partial charge in [-0.3, -0.25) is 0 Å². The molecule has 3 heteroatoms. The van der Waals surface area contributed by atoms with Crippen molar-refractivity contribution in [2.75, 3.05) is 11.4 Å². The van der Waals surface area contributed by atoms with Gasteiger partial charge in [-0.1, -0.05) is 13.0 Å². The average molecular weight is 260 g/mol. The number of rotatable bonds is 2. The van der Waals surface area contributed by atoms with Gasteiger partial charge in [0.25, 0.3) is 0 Å². The number of anilines is 1. The Hall–Kier alpha value is -1.09. The topological polar surface area (TPSA) is 36.4 Å². The second-order valence-electron chi connectivity index (χ2n) is 6.24. The molecule has 1 saturated heterocycles. The predicted octanol–water partition coefficient (Wildman–Crippen LogP) is 2.85. The normalized spacial score (nSPS) is 35.6. The second kappa shape index (κ2) is 5.49. The highest BCUT2D eigenvalue weighted by atomic mass is 16.3. The van der Waals surface area contributed by atoms with Crippen LogP contribution in [0.1, 0.15) is 39.0 Å². The third kappa shape index (κ3) is 2.62. The van der Waals surface area contributed by atoms with E-state index in [9.17, 15) is 5.11 Å². The van der Waals surface area contributed by atoms with Gasteiger partial charge in [0, 0.05) is 24.7 Å². The third-order valence-electron chi connectivity index (χ3n) is 4.86. The number of hydrogen-bond acceptors (Lipinski definition) is 3. The Kier molecular flexibility index (Phi) is 3.74. The summed E-state index contributed by atoms with van der Waals surface area (Å²) in [5.74, 6) is 2.25. The minimum atomic E-state index is -0.120. The van der Waals surface area contributed by atoms with Crippen molar-refractivity contribution < 1.29 is 5.11 Å². The van der Waals surface area contributed by atoms with Crippen LogP contribution in [0.15, 0.2) is 24.4 Å². The van der Waals surface area contributed by atoms with Crippen LogP contribution in [0.3, 0.4) is 0 Å². The van der Waals surface area contributed by atoms with Crippen molar-refractivity contribution in [2.24, 2.45) is 11.8 Å². The van der Waals surface area contributed by atoms with Gasteiger partial charge < -0.3 is 10.0 Å². The highest BCUT2D eigenvalue weighted by Gasteiger charge is 2.38. The Labute approximate surface area is 115 Å². The van der Waals surface area contributed by atoms with Crippen molar-refractivity contribution in [1.82, 2.24) is 4.98 Å². The standard InChI is InChI=1S/C16H24N2O/c1-12-7-8-15(19)13(11-12)14-5-4-10-18(14)16-6-2-3-9-17-16/h2-3,6,9,12-15,19H,4-5,7-8,10-11H2,1H3/t12-,13-,14+,15+/m1/s1. The maximum atomic E-state index is 10.4. The third-order valence-corrected chi connectivity index (χ3v) is 4.86. The molecular formula is C16H24N2O. The van der Waals surface area contributed by atoms with E-state index in [-0.39, 0.29) is 6.10 Å². The summed E-state index contributed by atoms with van der Waals surface area (Å²) in [5.41, 5.74) is 0. The van der Waals surface area contributed by atoms with Crippen molar-refractivity contribution in [2.45, 2.75) is 51.2 Å². The Morgan fingerprint density at radius 1 is 1.26 bits per heavy atom. The van der Waals surface area contributed by atoms with Gasteiger partial charge in [0.05, 0.1) is 6.10 Å². The number of aliphatic hydroxyl groups excluding tert-OH is 1. The van der Waals surface area contributed by atoms with Gasteiger partial charge in [-0.25, -0.2) is 4.98 Å². The first-order valence-corrected chi connectivity index (χ1v) is 7.61. The number of aromatic nitrogens is 1. The summed E-state index contributed by atoms with van der Waals surface area (Å²) in [6.07, 6.45) is 7.47. The lowest BCUT2D eigenvalue weighted by Gasteiger charge is -2.39. The lowest BCUT2D eigenvalue weighted by molar-refractivity contribution is 0.0390. The van der Waals surface area contributed by atoms with E-state index in [1.807, 2.05) is 12.3 Å². The van der Waals surface area contributed by atoms with E-state index in [0.29, 0.717) is 12.0 Å². The van der Waals surface area contributed by atoms with Gasteiger partial charge in [0.2, 0.25) is 0 Å². The van der Waals surface area contributed by atoms with E-state index < -0.39 is 0 Å². The van der Waals surface area contributed by atoms with E-state index in [2.05, 4.69) is 28.9 Å². The predicted molar refractivity (Wildman–Crippen MR) is 77.1 cm³/mol. The van der Waals surface area contributed by atoms with Crippen LogP contribution in [0.25, 0.3) is 0 Å². The molecule has 3 rings (SSSR count). The fraction of sp³-hybridized carbons (Fsp3) is 0.688. The lowest BCUT2D eigenvalue weighted by atomic mass is 9.76. The minimum Gasteiger partial charge on any atom is -0.393 e. The quantitative estimate of drug-likeness (QED) is 0.888. The highest BCUT2D eigenvalue weighted by Crippen LogP contribution is 2.38. The first-order valence-electron chi connectivity index (χ1n) is 7.61. The van der Waals surface area contributed by atoms with E-state index in [4.69, 9.17) is 0 Å². The molecule has 1 aromatic heterocycles. The smallest absolute Gasteiger partial charge is 0.128 e. The molecule has 2 fully saturated rings. The maximum absolute atomic E-state index is 10.4. The number of aliphatic hydroxyl groups is 1. The van der Waals surface area contributed by atoms with Crippen molar-refractivity contribution in [3.05, 3.63) is 24.4 Å². The van der Waals surface area contributed by atoms with Crippen LogP contribution in [-0.4, -0.2) is 28.8 Å². The van der Waals surface area contributed by atoms with Crippen molar-refractivity contribution in [1.29, 1.82) is 0 Å². The van der Waals surface area contributed by atoms with E-state index in [1.54, 1.807) is 0 Å². The second-order valence-corrected chi connectivity index (χ2v) is 6.24. The van der Waals surface area contributed by atoms with Gasteiger partial charge >= 0.3 is 0 Å². The van der Waals surface area contributed by atoms with Crippen LogP contribution >= 0.6 is 0 Å². The van der Waals surface area contributed by atoms with E-state index >= 15 is 0 Å². The molecule has 0 radical (unpaired) electrons. The molecule has 1 aromatic rings. The van der Waals surface area contributed by atoms with Crippen LogP contribution in [-0.2, 0) is 0 Å². The average Bonchev–Trinajstić information content (AvgIpc) is 2.91. The molecule has 104 valence electrons. The molecule has 1 aliphatic carbocycles. The molecule has 3 nitrogen and oxygen atoms in total. The van der Waals surface area contributed by atoms with E-state index in [0.717, 1.165) is 31.1 Å². The summed E-state index contributed by atoms with van der Waals surface area (Å²) < 4.78 is 0. The Bertz CT molecular complexity index is 408. The molecule has 2 heterocycles. The molecule has 0 aromatic carbocycles. The SMILES string of the molecule is C[C@@H]1CC[C@H](O)[C@@H]([C@@H]2CCCN2c2ccccn2)C1. The summed E-state index contributed by atoms with van der Waals surface area (Å²) in [7, 11) is 0. The monoisotopic (exact) mass is 260 g/mol. The van der Waals surface area contributed by atoms with Crippen molar-refractivity contribution >= 4 is 5.82 Å². The van der Waals surface area contributed by atoms with Gasteiger partial charge in [0.15, 0.2) is 0 Å². The summed E-state index contributed by atoms with van der Waals surface area (Å²) >= 11 is 0. The molecule has 0 amide bonds.